The molecule has 0 fully saturated rings. The first-order chi connectivity index (χ1) is 13.3. The van der Waals surface area contributed by atoms with Crippen molar-refractivity contribution in [3.8, 4) is 11.4 Å². The zero-order chi connectivity index (χ0) is 18.2. The van der Waals surface area contributed by atoms with E-state index in [9.17, 15) is 4.79 Å². The van der Waals surface area contributed by atoms with Gasteiger partial charge in [-0.3, -0.25) is 14.3 Å². The highest BCUT2D eigenvalue weighted by atomic mass is 16.1. The fourth-order valence-corrected chi connectivity index (χ4v) is 4.15. The quantitative estimate of drug-likeness (QED) is 0.708. The Hall–Kier alpha value is -3.09. The van der Waals surface area contributed by atoms with Crippen molar-refractivity contribution < 1.29 is 0 Å². The molecule has 0 spiro atoms. The molecular formula is C20H20N6O. The van der Waals surface area contributed by atoms with Gasteiger partial charge in [0.25, 0.3) is 5.56 Å². The summed E-state index contributed by atoms with van der Waals surface area (Å²) < 4.78 is 1.79. The Morgan fingerprint density at radius 3 is 2.89 bits per heavy atom. The predicted octanol–water partition coefficient (Wildman–Crippen LogP) is 1.72. The third-order valence-corrected chi connectivity index (χ3v) is 5.38. The first-order valence-corrected chi connectivity index (χ1v) is 9.34. The first kappa shape index (κ1) is 16.1. The van der Waals surface area contributed by atoms with Gasteiger partial charge < -0.3 is 4.90 Å². The van der Waals surface area contributed by atoms with Gasteiger partial charge in [-0.1, -0.05) is 6.07 Å². The number of hydrogen-bond donors (Lipinski definition) is 0. The topological polar surface area (TPSA) is 76.8 Å². The van der Waals surface area contributed by atoms with Crippen LogP contribution in [0.2, 0.25) is 0 Å². The van der Waals surface area contributed by atoms with Gasteiger partial charge >= 0.3 is 0 Å². The summed E-state index contributed by atoms with van der Waals surface area (Å²) >= 11 is 0. The largest absolute Gasteiger partial charge is 0.342 e. The summed E-state index contributed by atoms with van der Waals surface area (Å²) in [6.45, 7) is 2.52. The molecule has 0 N–H and O–H groups in total. The van der Waals surface area contributed by atoms with Crippen LogP contribution in [-0.4, -0.2) is 37.6 Å². The highest BCUT2D eigenvalue weighted by Crippen LogP contribution is 2.28. The fourth-order valence-electron chi connectivity index (χ4n) is 4.15. The monoisotopic (exact) mass is 360 g/mol. The maximum Gasteiger partial charge on any atom is 0.255 e. The lowest BCUT2D eigenvalue weighted by molar-refractivity contribution is 0.476. The zero-order valence-electron chi connectivity index (χ0n) is 15.0. The summed E-state index contributed by atoms with van der Waals surface area (Å²) in [5.74, 6) is 1.26. The van der Waals surface area contributed by atoms with E-state index in [1.807, 2.05) is 12.3 Å². The van der Waals surface area contributed by atoms with Crippen LogP contribution in [0, 0.1) is 5.92 Å². The maximum absolute atomic E-state index is 12.7. The minimum absolute atomic E-state index is 0.0188. The molecule has 2 aliphatic rings. The molecule has 0 amide bonds. The smallest absolute Gasteiger partial charge is 0.255 e. The van der Waals surface area contributed by atoms with Crippen LogP contribution in [0.25, 0.3) is 11.4 Å². The number of rotatable bonds is 3. The third kappa shape index (κ3) is 2.99. The van der Waals surface area contributed by atoms with E-state index >= 15 is 0 Å². The van der Waals surface area contributed by atoms with E-state index in [-0.39, 0.29) is 5.56 Å². The molecule has 1 atom stereocenters. The van der Waals surface area contributed by atoms with E-state index in [0.29, 0.717) is 23.9 Å². The molecule has 1 aliphatic carbocycles. The minimum atomic E-state index is -0.0188. The van der Waals surface area contributed by atoms with E-state index in [4.69, 9.17) is 4.98 Å². The number of hydrogen-bond acceptors (Lipinski definition) is 6. The number of nitrogens with zero attached hydrogens (tertiary/aromatic N) is 6. The van der Waals surface area contributed by atoms with Crippen LogP contribution in [0.5, 0.6) is 0 Å². The lowest BCUT2D eigenvalue weighted by atomic mass is 10.1. The Kier molecular flexibility index (Phi) is 3.92. The molecule has 1 aliphatic heterocycles. The van der Waals surface area contributed by atoms with Gasteiger partial charge in [0.15, 0.2) is 0 Å². The second-order valence-corrected chi connectivity index (χ2v) is 7.21. The summed E-state index contributed by atoms with van der Waals surface area (Å²) in [4.78, 5) is 32.4. The van der Waals surface area contributed by atoms with Crippen molar-refractivity contribution in [2.24, 2.45) is 5.92 Å². The Morgan fingerprint density at radius 2 is 2.04 bits per heavy atom. The van der Waals surface area contributed by atoms with Crippen molar-refractivity contribution in [3.63, 3.8) is 0 Å². The van der Waals surface area contributed by atoms with Crippen LogP contribution < -0.4 is 10.5 Å². The molecule has 7 nitrogen and oxygen atoms in total. The predicted molar refractivity (Wildman–Crippen MR) is 101 cm³/mol. The molecule has 0 saturated heterocycles. The molecule has 136 valence electrons. The lowest BCUT2D eigenvalue weighted by Crippen LogP contribution is -2.41. The van der Waals surface area contributed by atoms with E-state index in [1.165, 1.54) is 17.6 Å². The molecule has 4 heterocycles. The molecule has 0 aromatic carbocycles. The summed E-state index contributed by atoms with van der Waals surface area (Å²) in [5, 5.41) is 0. The van der Waals surface area contributed by atoms with Crippen molar-refractivity contribution in [2.75, 3.05) is 18.0 Å². The van der Waals surface area contributed by atoms with Gasteiger partial charge in [-0.15, -0.1) is 0 Å². The minimum Gasteiger partial charge on any atom is -0.342 e. The number of anilines is 1. The lowest BCUT2D eigenvalue weighted by Gasteiger charge is -2.32. The van der Waals surface area contributed by atoms with Crippen LogP contribution in [0.3, 0.4) is 0 Å². The Labute approximate surface area is 156 Å². The van der Waals surface area contributed by atoms with Crippen molar-refractivity contribution >= 4 is 5.95 Å². The van der Waals surface area contributed by atoms with Crippen molar-refractivity contribution in [2.45, 2.75) is 25.8 Å². The Balaban J connectivity index is 1.46. The molecule has 0 saturated carbocycles. The highest BCUT2D eigenvalue weighted by Gasteiger charge is 2.28. The van der Waals surface area contributed by atoms with Crippen LogP contribution in [0.15, 0.2) is 47.8 Å². The van der Waals surface area contributed by atoms with Crippen molar-refractivity contribution in [1.29, 1.82) is 0 Å². The molecular weight excluding hydrogens is 340 g/mol. The normalized spacial score (nSPS) is 18.2. The van der Waals surface area contributed by atoms with Gasteiger partial charge in [0.05, 0.1) is 11.4 Å². The summed E-state index contributed by atoms with van der Waals surface area (Å²) in [7, 11) is 0. The summed E-state index contributed by atoms with van der Waals surface area (Å²) in [5.41, 5.74) is 3.82. The second-order valence-electron chi connectivity index (χ2n) is 7.21. The molecule has 7 heteroatoms. The van der Waals surface area contributed by atoms with Crippen LogP contribution in [0.4, 0.5) is 5.95 Å². The van der Waals surface area contributed by atoms with Gasteiger partial charge in [0.2, 0.25) is 5.95 Å². The van der Waals surface area contributed by atoms with E-state index < -0.39 is 0 Å². The van der Waals surface area contributed by atoms with E-state index in [2.05, 4.69) is 25.9 Å². The van der Waals surface area contributed by atoms with Gasteiger partial charge in [0.1, 0.15) is 6.33 Å². The van der Waals surface area contributed by atoms with Crippen LogP contribution in [0.1, 0.15) is 17.7 Å². The molecule has 0 bridgehead atoms. The van der Waals surface area contributed by atoms with Crippen LogP contribution >= 0.6 is 0 Å². The fraction of sp³-hybridized carbons (Fsp3) is 0.350. The molecule has 3 aromatic heterocycles. The average molecular weight is 360 g/mol. The zero-order valence-corrected chi connectivity index (χ0v) is 15.0. The molecule has 1 unspecified atom stereocenters. The van der Waals surface area contributed by atoms with E-state index in [0.717, 1.165) is 38.3 Å². The Bertz CT molecular complexity index is 1010. The van der Waals surface area contributed by atoms with Gasteiger partial charge in [-0.25, -0.2) is 15.0 Å². The highest BCUT2D eigenvalue weighted by molar-refractivity contribution is 5.55. The molecule has 27 heavy (non-hydrogen) atoms. The second kappa shape index (κ2) is 6.57. The van der Waals surface area contributed by atoms with Crippen molar-refractivity contribution in [1.82, 2.24) is 24.5 Å². The van der Waals surface area contributed by atoms with Gasteiger partial charge in [-0.05, 0) is 42.9 Å². The first-order valence-electron chi connectivity index (χ1n) is 9.34. The third-order valence-electron chi connectivity index (χ3n) is 5.38. The maximum atomic E-state index is 12.7. The van der Waals surface area contributed by atoms with Gasteiger partial charge in [0, 0.05) is 43.8 Å². The molecule has 3 aromatic rings. The molecule has 0 radical (unpaired) electrons. The number of fused-ring (bicyclic) bond motifs is 2. The standard InChI is InChI=1S/C20H20N6O/c27-19-11-18(16-4-6-21-13-23-16)24-20-25(7-2-8-26(19)20)12-14-9-15-3-1-5-22-17(15)10-14/h1,3-6,11,13-14H,2,7-10,12H2. The SMILES string of the molecule is O=c1cc(-c2ccncn2)nc2n1CCCN2CC1Cc2cccnc2C1. The van der Waals surface area contributed by atoms with Crippen LogP contribution in [-0.2, 0) is 19.4 Å². The van der Waals surface area contributed by atoms with Gasteiger partial charge in [-0.2, -0.15) is 0 Å². The summed E-state index contributed by atoms with van der Waals surface area (Å²) in [6.07, 6.45) is 8.00. The molecule has 5 rings (SSSR count). The average Bonchev–Trinajstić information content (AvgIpc) is 3.11. The Morgan fingerprint density at radius 1 is 1.07 bits per heavy atom. The summed E-state index contributed by atoms with van der Waals surface area (Å²) in [6, 6.07) is 7.53. The number of aromatic nitrogens is 5. The van der Waals surface area contributed by atoms with E-state index in [1.54, 1.807) is 22.9 Å². The van der Waals surface area contributed by atoms with Crippen molar-refractivity contribution in [3.05, 3.63) is 64.6 Å². The number of pyridine rings is 1.